The second-order valence-electron chi connectivity index (χ2n) is 10.2. The molecule has 0 aliphatic heterocycles. The molecule has 1 atom stereocenters. The number of thioether (sulfide) groups is 1. The van der Waals surface area contributed by atoms with Gasteiger partial charge in [0.1, 0.15) is 22.5 Å². The Bertz CT molecular complexity index is 1900. The number of carbonyl (C=O) groups is 3. The first-order valence-electron chi connectivity index (χ1n) is 14.4. The van der Waals surface area contributed by atoms with Crippen molar-refractivity contribution in [3.8, 4) is 5.75 Å². The highest BCUT2D eigenvalue weighted by Crippen LogP contribution is 2.37. The van der Waals surface area contributed by atoms with Crippen LogP contribution in [0.25, 0.3) is 6.08 Å². The molecule has 0 saturated carbocycles. The highest BCUT2D eigenvalue weighted by Gasteiger charge is 2.24. The maximum Gasteiger partial charge on any atom is 0.272 e. The fourth-order valence-corrected chi connectivity index (χ4v) is 5.90. The van der Waals surface area contributed by atoms with Crippen LogP contribution in [0.3, 0.4) is 0 Å². The molecule has 47 heavy (non-hydrogen) atoms. The first-order valence-corrected chi connectivity index (χ1v) is 16.1. The minimum Gasteiger partial charge on any atom is -0.497 e. The Hall–Kier alpha value is -5.19. The summed E-state index contributed by atoms with van der Waals surface area (Å²) in [6.07, 6.45) is 1.57. The summed E-state index contributed by atoms with van der Waals surface area (Å²) in [6.45, 7) is 0. The van der Waals surface area contributed by atoms with Crippen molar-refractivity contribution in [2.75, 3.05) is 17.7 Å². The van der Waals surface area contributed by atoms with E-state index in [1.807, 2.05) is 36.4 Å². The number of rotatable bonds is 11. The van der Waals surface area contributed by atoms with Gasteiger partial charge >= 0.3 is 0 Å². The van der Waals surface area contributed by atoms with E-state index in [1.54, 1.807) is 92.0 Å². The van der Waals surface area contributed by atoms with Gasteiger partial charge in [-0.25, -0.2) is 4.39 Å². The van der Waals surface area contributed by atoms with Gasteiger partial charge in [0.15, 0.2) is 0 Å². The molecule has 0 aliphatic rings. The van der Waals surface area contributed by atoms with Crippen LogP contribution in [0, 0.1) is 5.82 Å². The van der Waals surface area contributed by atoms with Crippen molar-refractivity contribution in [3.05, 3.63) is 160 Å². The Morgan fingerprint density at radius 1 is 0.809 bits per heavy atom. The van der Waals surface area contributed by atoms with Gasteiger partial charge in [0.05, 0.1) is 12.8 Å². The Morgan fingerprint density at radius 3 is 2.19 bits per heavy atom. The summed E-state index contributed by atoms with van der Waals surface area (Å²) >= 11 is 4.48. The molecule has 7 nitrogen and oxygen atoms in total. The topological polar surface area (TPSA) is 96.5 Å². The molecule has 0 bridgehead atoms. The molecule has 5 aromatic carbocycles. The number of halogens is 2. The van der Waals surface area contributed by atoms with Crippen molar-refractivity contribution in [1.29, 1.82) is 0 Å². The molecule has 10 heteroatoms. The lowest BCUT2D eigenvalue weighted by Crippen LogP contribution is -2.30. The largest absolute Gasteiger partial charge is 0.497 e. The highest BCUT2D eigenvalue weighted by atomic mass is 79.9. The van der Waals surface area contributed by atoms with Crippen LogP contribution in [-0.2, 0) is 9.59 Å². The van der Waals surface area contributed by atoms with E-state index in [0.717, 1.165) is 5.56 Å². The van der Waals surface area contributed by atoms with Gasteiger partial charge in [-0.05, 0) is 77.9 Å². The fraction of sp³-hybridized carbons (Fsp3) is 0.0541. The first kappa shape index (κ1) is 33.2. The number of carbonyl (C=O) groups excluding carboxylic acids is 3. The Labute approximate surface area is 284 Å². The van der Waals surface area contributed by atoms with Crippen molar-refractivity contribution >= 4 is 62.9 Å². The second-order valence-corrected chi connectivity index (χ2v) is 12.2. The summed E-state index contributed by atoms with van der Waals surface area (Å²) in [4.78, 5) is 40.8. The summed E-state index contributed by atoms with van der Waals surface area (Å²) in [5.41, 5.74) is 2.32. The maximum atomic E-state index is 14.6. The van der Waals surface area contributed by atoms with Gasteiger partial charge < -0.3 is 20.7 Å². The third kappa shape index (κ3) is 9.18. The molecule has 5 aromatic rings. The second kappa shape index (κ2) is 15.9. The van der Waals surface area contributed by atoms with Crippen LogP contribution in [0.15, 0.2) is 142 Å². The van der Waals surface area contributed by atoms with Gasteiger partial charge in [-0.15, -0.1) is 11.8 Å². The zero-order valence-electron chi connectivity index (χ0n) is 25.1. The number of anilines is 2. The minimum atomic E-state index is -0.735. The number of amides is 3. The Morgan fingerprint density at radius 2 is 1.51 bits per heavy atom. The van der Waals surface area contributed by atoms with Gasteiger partial charge in [0.2, 0.25) is 5.91 Å². The average Bonchev–Trinajstić information content (AvgIpc) is 3.09. The van der Waals surface area contributed by atoms with Crippen LogP contribution in [0.2, 0.25) is 0 Å². The zero-order chi connectivity index (χ0) is 33.2. The molecule has 3 N–H and O–H groups in total. The van der Waals surface area contributed by atoms with E-state index in [4.69, 9.17) is 4.74 Å². The van der Waals surface area contributed by atoms with E-state index in [1.165, 1.54) is 23.9 Å². The Kier molecular flexibility index (Phi) is 11.2. The van der Waals surface area contributed by atoms with Crippen LogP contribution in [-0.4, -0.2) is 24.8 Å². The number of methoxy groups -OCH3 is 1. The lowest BCUT2D eigenvalue weighted by atomic mass is 10.1. The standard InChI is InChI=1S/C37H29BrFN3O4S/c1-46-29-18-15-24(16-19-29)21-33(42-35(43)26-11-6-3-7-12-26)36(44)40-28-13-8-14-30(23-28)47-34(25-9-4-2-5-10-25)37(45)41-32-20-17-27(38)22-31(32)39/h2-23,34H,1H3,(H,40,44)(H,41,45)(H,42,43)/b33-21+. The summed E-state index contributed by atoms with van der Waals surface area (Å²) < 4.78 is 20.3. The molecule has 0 fully saturated rings. The molecule has 236 valence electrons. The van der Waals surface area contributed by atoms with Crippen LogP contribution < -0.4 is 20.7 Å². The lowest BCUT2D eigenvalue weighted by Gasteiger charge is -2.18. The molecule has 0 spiro atoms. The molecule has 0 aliphatic carbocycles. The normalized spacial score (nSPS) is 11.7. The molecule has 0 aromatic heterocycles. The Balaban J connectivity index is 1.38. The van der Waals surface area contributed by atoms with Crippen molar-refractivity contribution < 1.29 is 23.5 Å². The number of ether oxygens (including phenoxy) is 1. The molecule has 0 heterocycles. The third-order valence-electron chi connectivity index (χ3n) is 6.83. The van der Waals surface area contributed by atoms with Crippen molar-refractivity contribution in [3.63, 3.8) is 0 Å². The minimum absolute atomic E-state index is 0.0279. The molecule has 0 radical (unpaired) electrons. The number of hydrogen-bond donors (Lipinski definition) is 3. The third-order valence-corrected chi connectivity index (χ3v) is 8.57. The summed E-state index contributed by atoms with van der Waals surface area (Å²) in [6, 6.07) is 36.2. The molecule has 5 rings (SSSR count). The van der Waals surface area contributed by atoms with Gasteiger partial charge in [0.25, 0.3) is 11.8 Å². The van der Waals surface area contributed by atoms with Gasteiger partial charge in [-0.2, -0.15) is 0 Å². The smallest absolute Gasteiger partial charge is 0.272 e. The average molecular weight is 711 g/mol. The first-order chi connectivity index (χ1) is 22.8. The quantitative estimate of drug-likeness (QED) is 0.0945. The number of nitrogens with one attached hydrogen (secondary N) is 3. The van der Waals surface area contributed by atoms with Crippen molar-refractivity contribution in [2.45, 2.75) is 10.1 Å². The van der Waals surface area contributed by atoms with Gasteiger partial charge in [-0.3, -0.25) is 14.4 Å². The van der Waals surface area contributed by atoms with Crippen molar-refractivity contribution in [1.82, 2.24) is 5.32 Å². The molecular formula is C37H29BrFN3O4S. The van der Waals surface area contributed by atoms with E-state index in [2.05, 4.69) is 31.9 Å². The predicted molar refractivity (Wildman–Crippen MR) is 188 cm³/mol. The van der Waals surface area contributed by atoms with E-state index in [0.29, 0.717) is 31.9 Å². The predicted octanol–water partition coefficient (Wildman–Crippen LogP) is 8.48. The highest BCUT2D eigenvalue weighted by molar-refractivity contribution is 9.10. The monoisotopic (exact) mass is 709 g/mol. The number of benzene rings is 5. The van der Waals surface area contributed by atoms with Crippen LogP contribution in [0.1, 0.15) is 26.7 Å². The van der Waals surface area contributed by atoms with E-state index in [-0.39, 0.29) is 11.4 Å². The zero-order valence-corrected chi connectivity index (χ0v) is 27.5. The summed E-state index contributed by atoms with van der Waals surface area (Å²) in [7, 11) is 1.56. The van der Waals surface area contributed by atoms with E-state index >= 15 is 0 Å². The SMILES string of the molecule is COc1ccc(/C=C(/NC(=O)c2ccccc2)C(=O)Nc2cccc(SC(C(=O)Nc3ccc(Br)cc3F)c3ccccc3)c2)cc1. The van der Waals surface area contributed by atoms with E-state index < -0.39 is 28.8 Å². The lowest BCUT2D eigenvalue weighted by molar-refractivity contribution is -0.116. The van der Waals surface area contributed by atoms with Gasteiger partial charge in [-0.1, -0.05) is 82.7 Å². The summed E-state index contributed by atoms with van der Waals surface area (Å²) in [5, 5.41) is 7.56. The maximum absolute atomic E-state index is 14.6. The fourth-order valence-electron chi connectivity index (χ4n) is 4.48. The van der Waals surface area contributed by atoms with Crippen LogP contribution >= 0.6 is 27.7 Å². The number of hydrogen-bond acceptors (Lipinski definition) is 5. The molecule has 3 amide bonds. The van der Waals surface area contributed by atoms with Crippen LogP contribution in [0.5, 0.6) is 5.75 Å². The summed E-state index contributed by atoms with van der Waals surface area (Å²) in [5.74, 6) is -1.31. The van der Waals surface area contributed by atoms with Crippen molar-refractivity contribution in [2.24, 2.45) is 0 Å². The molecule has 0 saturated heterocycles. The van der Waals surface area contributed by atoms with Crippen LogP contribution in [0.4, 0.5) is 15.8 Å². The molecule has 1 unspecified atom stereocenters. The van der Waals surface area contributed by atoms with Gasteiger partial charge in [0, 0.05) is 20.6 Å². The van der Waals surface area contributed by atoms with E-state index in [9.17, 15) is 18.8 Å². The molecular weight excluding hydrogens is 681 g/mol.